The fourth-order valence-electron chi connectivity index (χ4n) is 1.79. The van der Waals surface area contributed by atoms with Gasteiger partial charge >= 0.3 is 6.09 Å². The summed E-state index contributed by atoms with van der Waals surface area (Å²) in [4.78, 5) is 12.8. The van der Waals surface area contributed by atoms with Crippen LogP contribution in [0, 0.1) is 5.82 Å². The van der Waals surface area contributed by atoms with Gasteiger partial charge in [-0.3, -0.25) is 5.32 Å². The minimum absolute atomic E-state index is 0.322. The Morgan fingerprint density at radius 2 is 2.04 bits per heavy atom. The van der Waals surface area contributed by atoms with E-state index < -0.39 is 11.7 Å². The highest BCUT2D eigenvalue weighted by molar-refractivity contribution is 9.11. The van der Waals surface area contributed by atoms with E-state index in [9.17, 15) is 9.18 Å². The average molecular weight is 401 g/mol. The zero-order chi connectivity index (χ0) is 17.0. The molecule has 7 heteroatoms. The van der Waals surface area contributed by atoms with Crippen LogP contribution in [-0.2, 0) is 11.3 Å². The fourth-order valence-corrected chi connectivity index (χ4v) is 3.21. The van der Waals surface area contributed by atoms with Gasteiger partial charge in [0.1, 0.15) is 11.4 Å². The predicted octanol–water partition coefficient (Wildman–Crippen LogP) is 5.61. The zero-order valence-corrected chi connectivity index (χ0v) is 15.5. The Kier molecular flexibility index (Phi) is 5.64. The van der Waals surface area contributed by atoms with E-state index in [4.69, 9.17) is 4.74 Å². The molecule has 0 unspecified atom stereocenters. The molecule has 2 rings (SSSR count). The number of amides is 1. The van der Waals surface area contributed by atoms with Crippen molar-refractivity contribution in [1.29, 1.82) is 0 Å². The Morgan fingerprint density at radius 1 is 1.30 bits per heavy atom. The van der Waals surface area contributed by atoms with Crippen molar-refractivity contribution in [1.82, 2.24) is 0 Å². The number of carbonyl (C=O) groups excluding carboxylic acids is 1. The maximum atomic E-state index is 13.9. The van der Waals surface area contributed by atoms with Gasteiger partial charge in [0.05, 0.1) is 9.47 Å². The molecule has 0 saturated heterocycles. The van der Waals surface area contributed by atoms with Crippen molar-refractivity contribution in [3.63, 3.8) is 0 Å². The molecule has 0 atom stereocenters. The SMILES string of the molecule is CC(C)(C)OC(=O)Nc1ccc(F)c(NCc2ccc(Br)s2)c1. The van der Waals surface area contributed by atoms with Crippen LogP contribution in [0.15, 0.2) is 34.1 Å². The summed E-state index contributed by atoms with van der Waals surface area (Å²) < 4.78 is 20.1. The maximum absolute atomic E-state index is 13.9. The van der Waals surface area contributed by atoms with Crippen molar-refractivity contribution < 1.29 is 13.9 Å². The summed E-state index contributed by atoms with van der Waals surface area (Å²) in [6.45, 7) is 5.85. The Balaban J connectivity index is 2.02. The molecule has 0 aliphatic rings. The number of hydrogen-bond donors (Lipinski definition) is 2. The number of halogens is 2. The van der Waals surface area contributed by atoms with E-state index in [0.29, 0.717) is 17.9 Å². The maximum Gasteiger partial charge on any atom is 0.412 e. The van der Waals surface area contributed by atoms with Gasteiger partial charge < -0.3 is 10.1 Å². The van der Waals surface area contributed by atoms with Crippen molar-refractivity contribution in [3.05, 3.63) is 44.8 Å². The first-order valence-electron chi connectivity index (χ1n) is 7.00. The summed E-state index contributed by atoms with van der Waals surface area (Å²) in [6, 6.07) is 8.24. The van der Waals surface area contributed by atoms with Crippen molar-refractivity contribution >= 4 is 44.7 Å². The van der Waals surface area contributed by atoms with Crippen LogP contribution in [0.1, 0.15) is 25.6 Å². The van der Waals surface area contributed by atoms with Crippen LogP contribution in [0.5, 0.6) is 0 Å². The Morgan fingerprint density at radius 3 is 2.65 bits per heavy atom. The molecule has 0 bridgehead atoms. The third-order valence-corrected chi connectivity index (χ3v) is 4.32. The van der Waals surface area contributed by atoms with Gasteiger partial charge in [-0.1, -0.05) is 0 Å². The number of ether oxygens (including phenoxy) is 1. The van der Waals surface area contributed by atoms with Crippen LogP contribution in [0.2, 0.25) is 0 Å². The van der Waals surface area contributed by atoms with Crippen LogP contribution in [0.4, 0.5) is 20.6 Å². The molecule has 0 aliphatic carbocycles. The second kappa shape index (κ2) is 7.31. The molecule has 2 aromatic rings. The first kappa shape index (κ1) is 17.7. The largest absolute Gasteiger partial charge is 0.444 e. The standard InChI is InChI=1S/C16H18BrFN2O2S/c1-16(2,3)22-15(21)20-10-4-6-12(18)13(8-10)19-9-11-5-7-14(17)23-11/h4-8,19H,9H2,1-3H3,(H,20,21). The van der Waals surface area contributed by atoms with Gasteiger partial charge in [0, 0.05) is 17.1 Å². The Bertz CT molecular complexity index is 698. The fraction of sp³-hybridized carbons (Fsp3) is 0.312. The molecule has 1 heterocycles. The molecule has 0 aliphatic heterocycles. The number of benzene rings is 1. The van der Waals surface area contributed by atoms with E-state index in [1.165, 1.54) is 12.1 Å². The van der Waals surface area contributed by atoms with E-state index in [1.54, 1.807) is 38.2 Å². The van der Waals surface area contributed by atoms with Crippen molar-refractivity contribution in [2.24, 2.45) is 0 Å². The third kappa shape index (κ3) is 5.84. The summed E-state index contributed by atoms with van der Waals surface area (Å²) in [5.41, 5.74) is 0.205. The average Bonchev–Trinajstić information content (AvgIpc) is 2.83. The first-order valence-corrected chi connectivity index (χ1v) is 8.61. The zero-order valence-electron chi connectivity index (χ0n) is 13.1. The first-order chi connectivity index (χ1) is 10.7. The van der Waals surface area contributed by atoms with Gasteiger partial charge in [-0.2, -0.15) is 0 Å². The van der Waals surface area contributed by atoms with Gasteiger partial charge in [0.25, 0.3) is 0 Å². The highest BCUT2D eigenvalue weighted by Crippen LogP contribution is 2.25. The molecule has 124 valence electrons. The molecule has 4 nitrogen and oxygen atoms in total. The number of thiophene rings is 1. The second-order valence-electron chi connectivity index (χ2n) is 5.88. The summed E-state index contributed by atoms with van der Waals surface area (Å²) in [5.74, 6) is -0.379. The number of nitrogens with one attached hydrogen (secondary N) is 2. The lowest BCUT2D eigenvalue weighted by atomic mass is 10.2. The van der Waals surface area contributed by atoms with E-state index >= 15 is 0 Å². The predicted molar refractivity (Wildman–Crippen MR) is 95.6 cm³/mol. The highest BCUT2D eigenvalue weighted by Gasteiger charge is 2.16. The lowest BCUT2D eigenvalue weighted by molar-refractivity contribution is 0.0636. The van der Waals surface area contributed by atoms with Crippen molar-refractivity contribution in [3.8, 4) is 0 Å². The van der Waals surface area contributed by atoms with E-state index in [2.05, 4.69) is 26.6 Å². The van der Waals surface area contributed by atoms with E-state index in [0.717, 1.165) is 8.66 Å². The van der Waals surface area contributed by atoms with Gasteiger partial charge in [0.15, 0.2) is 0 Å². The normalized spacial score (nSPS) is 11.2. The quantitative estimate of drug-likeness (QED) is 0.700. The summed E-state index contributed by atoms with van der Waals surface area (Å²) in [7, 11) is 0. The molecule has 0 spiro atoms. The Hall–Kier alpha value is -1.60. The monoisotopic (exact) mass is 400 g/mol. The minimum atomic E-state index is -0.586. The molecule has 0 radical (unpaired) electrons. The van der Waals surface area contributed by atoms with Crippen LogP contribution in [-0.4, -0.2) is 11.7 Å². The van der Waals surface area contributed by atoms with Gasteiger partial charge in [-0.25, -0.2) is 9.18 Å². The lowest BCUT2D eigenvalue weighted by Gasteiger charge is -2.20. The molecular weight excluding hydrogens is 383 g/mol. The molecule has 1 aromatic carbocycles. The topological polar surface area (TPSA) is 50.4 Å². The van der Waals surface area contributed by atoms with Crippen molar-refractivity contribution in [2.75, 3.05) is 10.6 Å². The molecule has 1 aromatic heterocycles. The minimum Gasteiger partial charge on any atom is -0.444 e. The third-order valence-electron chi connectivity index (χ3n) is 2.69. The van der Waals surface area contributed by atoms with Crippen LogP contribution < -0.4 is 10.6 Å². The summed E-state index contributed by atoms with van der Waals surface area (Å²) in [6.07, 6.45) is -0.572. The lowest BCUT2D eigenvalue weighted by Crippen LogP contribution is -2.27. The van der Waals surface area contributed by atoms with Crippen LogP contribution in [0.25, 0.3) is 0 Å². The van der Waals surface area contributed by atoms with Gasteiger partial charge in [-0.05, 0) is 67.0 Å². The molecule has 1 amide bonds. The van der Waals surface area contributed by atoms with Gasteiger partial charge in [-0.15, -0.1) is 11.3 Å². The number of carbonyl (C=O) groups is 1. The number of anilines is 2. The van der Waals surface area contributed by atoms with Crippen LogP contribution >= 0.6 is 27.3 Å². The molecule has 2 N–H and O–H groups in total. The molecule has 0 saturated carbocycles. The summed E-state index contributed by atoms with van der Waals surface area (Å²) >= 11 is 4.97. The summed E-state index contributed by atoms with van der Waals surface area (Å²) in [5, 5.41) is 5.62. The molecule has 23 heavy (non-hydrogen) atoms. The number of hydrogen-bond acceptors (Lipinski definition) is 4. The van der Waals surface area contributed by atoms with Crippen molar-refractivity contribution in [2.45, 2.75) is 32.9 Å². The molecular formula is C16H18BrFN2O2S. The number of rotatable bonds is 4. The Labute approximate surface area is 147 Å². The van der Waals surface area contributed by atoms with Gasteiger partial charge in [0.2, 0.25) is 0 Å². The van der Waals surface area contributed by atoms with Crippen LogP contribution in [0.3, 0.4) is 0 Å². The van der Waals surface area contributed by atoms with E-state index in [1.807, 2.05) is 12.1 Å². The van der Waals surface area contributed by atoms with E-state index in [-0.39, 0.29) is 5.82 Å². The second-order valence-corrected chi connectivity index (χ2v) is 8.43. The highest BCUT2D eigenvalue weighted by atomic mass is 79.9. The molecule has 0 fully saturated rings. The smallest absolute Gasteiger partial charge is 0.412 e.